The molecular formula is C17H23N3O5. The number of rotatable bonds is 4. The number of aliphatic carboxylic acids is 1. The van der Waals surface area contributed by atoms with Crippen molar-refractivity contribution in [1.29, 1.82) is 0 Å². The summed E-state index contributed by atoms with van der Waals surface area (Å²) in [6, 6.07) is 4.30. The van der Waals surface area contributed by atoms with Crippen LogP contribution >= 0.6 is 0 Å². The molecule has 3 N–H and O–H groups in total. The molecule has 1 aromatic rings. The zero-order chi connectivity index (χ0) is 18.6. The molecule has 2 atom stereocenters. The Morgan fingerprint density at radius 1 is 1.28 bits per heavy atom. The highest BCUT2D eigenvalue weighted by Crippen LogP contribution is 2.27. The van der Waals surface area contributed by atoms with E-state index in [1.165, 1.54) is 25.1 Å². The molecule has 8 heteroatoms. The van der Waals surface area contributed by atoms with Gasteiger partial charge in [0.1, 0.15) is 5.75 Å². The van der Waals surface area contributed by atoms with Gasteiger partial charge >= 0.3 is 12.0 Å². The first-order valence-corrected chi connectivity index (χ1v) is 8.04. The van der Waals surface area contributed by atoms with Gasteiger partial charge in [0.25, 0.3) is 5.91 Å². The minimum Gasteiger partial charge on any atom is -0.495 e. The molecule has 2 unspecified atom stereocenters. The van der Waals surface area contributed by atoms with Gasteiger partial charge in [0.05, 0.1) is 18.7 Å². The highest BCUT2D eigenvalue weighted by atomic mass is 16.5. The van der Waals surface area contributed by atoms with Crippen molar-refractivity contribution in [3.63, 3.8) is 0 Å². The number of anilines is 1. The van der Waals surface area contributed by atoms with Gasteiger partial charge in [-0.2, -0.15) is 0 Å². The number of likely N-dealkylation sites (tertiary alicyclic amines) is 1. The smallest absolute Gasteiger partial charge is 0.321 e. The van der Waals surface area contributed by atoms with E-state index in [4.69, 9.17) is 4.74 Å². The minimum absolute atomic E-state index is 0.0969. The lowest BCUT2D eigenvalue weighted by Crippen LogP contribution is -2.47. The Balaban J connectivity index is 2.18. The van der Waals surface area contributed by atoms with Crippen LogP contribution in [0, 0.1) is 11.8 Å². The number of methoxy groups -OCH3 is 1. The minimum atomic E-state index is -0.899. The number of hydrogen-bond acceptors (Lipinski definition) is 4. The van der Waals surface area contributed by atoms with Gasteiger partial charge in [-0.15, -0.1) is 0 Å². The van der Waals surface area contributed by atoms with Gasteiger partial charge in [0.2, 0.25) is 0 Å². The Hall–Kier alpha value is -2.77. The maximum atomic E-state index is 12.6. The van der Waals surface area contributed by atoms with E-state index < -0.39 is 17.9 Å². The predicted octanol–water partition coefficient (Wildman–Crippen LogP) is 1.63. The van der Waals surface area contributed by atoms with Crippen LogP contribution in [-0.2, 0) is 4.79 Å². The lowest BCUT2D eigenvalue weighted by atomic mass is 9.91. The number of benzene rings is 1. The van der Waals surface area contributed by atoms with E-state index in [1.54, 1.807) is 12.1 Å². The molecule has 0 saturated carbocycles. The maximum Gasteiger partial charge on any atom is 0.321 e. The molecule has 2 rings (SSSR count). The summed E-state index contributed by atoms with van der Waals surface area (Å²) in [5.41, 5.74) is 0.743. The molecule has 136 valence electrons. The van der Waals surface area contributed by atoms with Crippen molar-refractivity contribution in [3.05, 3.63) is 23.8 Å². The average Bonchev–Trinajstić information content (AvgIpc) is 2.60. The third kappa shape index (κ3) is 4.40. The van der Waals surface area contributed by atoms with Crippen molar-refractivity contribution in [2.24, 2.45) is 11.8 Å². The fourth-order valence-electron chi connectivity index (χ4n) is 2.98. The summed E-state index contributed by atoms with van der Waals surface area (Å²) in [7, 11) is 2.99. The number of carbonyl (C=O) groups is 3. The molecule has 0 aliphatic carbocycles. The molecular weight excluding hydrogens is 326 g/mol. The topological polar surface area (TPSA) is 108 Å². The van der Waals surface area contributed by atoms with E-state index in [0.717, 1.165) is 0 Å². The predicted molar refractivity (Wildman–Crippen MR) is 91.9 cm³/mol. The largest absolute Gasteiger partial charge is 0.495 e. The Labute approximate surface area is 146 Å². The first-order chi connectivity index (χ1) is 11.8. The average molecular weight is 349 g/mol. The SMILES string of the molecule is CNC(=O)c1ccc(OC)c(NC(=O)N2CC(C)CC(C(=O)O)C2)c1. The zero-order valence-corrected chi connectivity index (χ0v) is 14.5. The first kappa shape index (κ1) is 18.6. The van der Waals surface area contributed by atoms with E-state index in [2.05, 4.69) is 10.6 Å². The van der Waals surface area contributed by atoms with Gasteiger partial charge in [0, 0.05) is 25.7 Å². The van der Waals surface area contributed by atoms with Gasteiger partial charge in [-0.05, 0) is 30.5 Å². The van der Waals surface area contributed by atoms with Crippen molar-refractivity contribution in [2.75, 3.05) is 32.6 Å². The fraction of sp³-hybridized carbons (Fsp3) is 0.471. The summed E-state index contributed by atoms with van der Waals surface area (Å²) in [6.07, 6.45) is 0.550. The van der Waals surface area contributed by atoms with Gasteiger partial charge in [-0.25, -0.2) is 4.79 Å². The van der Waals surface area contributed by atoms with Crippen LogP contribution < -0.4 is 15.4 Å². The van der Waals surface area contributed by atoms with Crippen LogP contribution in [0.2, 0.25) is 0 Å². The number of urea groups is 1. The number of carboxylic acid groups (broad SMARTS) is 1. The van der Waals surface area contributed by atoms with Gasteiger partial charge < -0.3 is 25.4 Å². The summed E-state index contributed by atoms with van der Waals surface area (Å²) >= 11 is 0. The molecule has 1 aliphatic heterocycles. The van der Waals surface area contributed by atoms with Crippen LogP contribution in [0.4, 0.5) is 10.5 Å². The van der Waals surface area contributed by atoms with E-state index >= 15 is 0 Å². The third-order valence-corrected chi connectivity index (χ3v) is 4.23. The number of carboxylic acids is 1. The van der Waals surface area contributed by atoms with Crippen LogP contribution in [0.3, 0.4) is 0 Å². The molecule has 1 heterocycles. The molecule has 1 aliphatic rings. The fourth-order valence-corrected chi connectivity index (χ4v) is 2.98. The molecule has 1 saturated heterocycles. The Morgan fingerprint density at radius 2 is 2.00 bits per heavy atom. The number of piperidine rings is 1. The van der Waals surface area contributed by atoms with Crippen LogP contribution in [0.25, 0.3) is 0 Å². The van der Waals surface area contributed by atoms with E-state index in [9.17, 15) is 19.5 Å². The number of nitrogens with zero attached hydrogens (tertiary/aromatic N) is 1. The van der Waals surface area contributed by atoms with Crippen molar-refractivity contribution in [2.45, 2.75) is 13.3 Å². The molecule has 1 fully saturated rings. The number of ether oxygens (including phenoxy) is 1. The van der Waals surface area contributed by atoms with E-state index in [1.807, 2.05) is 6.92 Å². The number of amides is 3. The summed E-state index contributed by atoms with van der Waals surface area (Å²) in [5.74, 6) is -1.24. The molecule has 0 aromatic heterocycles. The lowest BCUT2D eigenvalue weighted by molar-refractivity contribution is -0.143. The van der Waals surface area contributed by atoms with Gasteiger partial charge in [-0.1, -0.05) is 6.92 Å². The number of carbonyl (C=O) groups excluding carboxylic acids is 2. The Morgan fingerprint density at radius 3 is 2.60 bits per heavy atom. The Kier molecular flexibility index (Phi) is 5.84. The summed E-state index contributed by atoms with van der Waals surface area (Å²) in [5, 5.41) is 14.5. The second-order valence-corrected chi connectivity index (χ2v) is 6.21. The summed E-state index contributed by atoms with van der Waals surface area (Å²) in [4.78, 5) is 37.1. The molecule has 0 radical (unpaired) electrons. The van der Waals surface area contributed by atoms with Crippen molar-refractivity contribution in [3.8, 4) is 5.75 Å². The molecule has 1 aromatic carbocycles. The highest BCUT2D eigenvalue weighted by Gasteiger charge is 2.32. The van der Waals surface area contributed by atoms with Crippen molar-refractivity contribution < 1.29 is 24.2 Å². The summed E-state index contributed by atoms with van der Waals surface area (Å²) < 4.78 is 5.22. The van der Waals surface area contributed by atoms with E-state index in [0.29, 0.717) is 30.0 Å². The van der Waals surface area contributed by atoms with Crippen LogP contribution in [-0.4, -0.2) is 55.2 Å². The second kappa shape index (κ2) is 7.87. The molecule has 25 heavy (non-hydrogen) atoms. The lowest BCUT2D eigenvalue weighted by Gasteiger charge is -2.34. The Bertz CT molecular complexity index is 676. The standard InChI is InChI=1S/C17H23N3O5/c1-10-6-12(16(22)23)9-20(8-10)17(24)19-13-7-11(15(21)18-2)4-5-14(13)25-3/h4-5,7,10,12H,6,8-9H2,1-3H3,(H,18,21)(H,19,24)(H,22,23). The molecule has 0 spiro atoms. The van der Waals surface area contributed by atoms with Crippen molar-refractivity contribution in [1.82, 2.24) is 10.2 Å². The highest BCUT2D eigenvalue weighted by molar-refractivity contribution is 5.98. The maximum absolute atomic E-state index is 12.6. The quantitative estimate of drug-likeness (QED) is 0.766. The van der Waals surface area contributed by atoms with Gasteiger partial charge in [-0.3, -0.25) is 9.59 Å². The van der Waals surface area contributed by atoms with Crippen LogP contribution in [0.15, 0.2) is 18.2 Å². The first-order valence-electron chi connectivity index (χ1n) is 8.04. The molecule has 3 amide bonds. The van der Waals surface area contributed by atoms with Gasteiger partial charge in [0.15, 0.2) is 0 Å². The molecule has 8 nitrogen and oxygen atoms in total. The van der Waals surface area contributed by atoms with Crippen LogP contribution in [0.5, 0.6) is 5.75 Å². The normalized spacial score (nSPS) is 19.9. The number of nitrogens with one attached hydrogen (secondary N) is 2. The second-order valence-electron chi connectivity index (χ2n) is 6.21. The van der Waals surface area contributed by atoms with Crippen molar-refractivity contribution >= 4 is 23.6 Å². The monoisotopic (exact) mass is 349 g/mol. The summed E-state index contributed by atoms with van der Waals surface area (Å²) in [6.45, 7) is 2.55. The third-order valence-electron chi connectivity index (χ3n) is 4.23. The molecule has 0 bridgehead atoms. The number of hydrogen-bond donors (Lipinski definition) is 3. The zero-order valence-electron chi connectivity index (χ0n) is 14.5. The van der Waals surface area contributed by atoms with Crippen LogP contribution in [0.1, 0.15) is 23.7 Å². The van der Waals surface area contributed by atoms with E-state index in [-0.39, 0.29) is 18.4 Å².